The van der Waals surface area contributed by atoms with Gasteiger partial charge in [0.15, 0.2) is 6.61 Å². The number of Topliss-reactive ketones (excluding diaryl/α,β-unsaturated/α-hetero) is 1. The highest BCUT2D eigenvalue weighted by Gasteiger charge is 2.17. The van der Waals surface area contributed by atoms with Gasteiger partial charge in [-0.05, 0) is 24.3 Å². The van der Waals surface area contributed by atoms with Crippen molar-refractivity contribution in [2.45, 2.75) is 0 Å². The van der Waals surface area contributed by atoms with Crippen LogP contribution in [0.4, 0.5) is 0 Å². The molecule has 2 rings (SSSR count). The van der Waals surface area contributed by atoms with Crippen LogP contribution in [0.1, 0.15) is 20.7 Å². The van der Waals surface area contributed by atoms with Crippen molar-refractivity contribution in [3.05, 3.63) is 58.6 Å². The van der Waals surface area contributed by atoms with Crippen LogP contribution < -0.4 is 9.47 Å². The molecule has 0 heterocycles. The molecule has 2 aromatic rings. The molecule has 0 saturated carbocycles. The van der Waals surface area contributed by atoms with Gasteiger partial charge in [-0.3, -0.25) is 4.79 Å². The number of benzene rings is 2. The third kappa shape index (κ3) is 4.02. The molecule has 0 spiro atoms. The lowest BCUT2D eigenvalue weighted by Crippen LogP contribution is -2.15. The summed E-state index contributed by atoms with van der Waals surface area (Å²) in [4.78, 5) is 24.2. The Balaban J connectivity index is 2.08. The third-order valence-electron chi connectivity index (χ3n) is 3.14. The number of ether oxygens (including phenoxy) is 3. The molecule has 2 aromatic carbocycles. The summed E-state index contributed by atoms with van der Waals surface area (Å²) in [5, 5.41) is 0.270. The van der Waals surface area contributed by atoms with Gasteiger partial charge in [-0.25, -0.2) is 4.79 Å². The van der Waals surface area contributed by atoms with Gasteiger partial charge in [0.1, 0.15) is 11.5 Å². The molecule has 23 heavy (non-hydrogen) atoms. The first-order valence-corrected chi connectivity index (χ1v) is 7.11. The van der Waals surface area contributed by atoms with E-state index in [4.69, 9.17) is 25.8 Å². The lowest BCUT2D eigenvalue weighted by Gasteiger charge is -2.10. The van der Waals surface area contributed by atoms with E-state index >= 15 is 0 Å². The molecule has 0 aromatic heterocycles. The second-order valence-corrected chi connectivity index (χ2v) is 4.95. The van der Waals surface area contributed by atoms with Crippen LogP contribution in [0.25, 0.3) is 0 Å². The molecule has 120 valence electrons. The van der Waals surface area contributed by atoms with Crippen molar-refractivity contribution in [2.24, 2.45) is 0 Å². The maximum atomic E-state index is 12.2. The number of hydrogen-bond donors (Lipinski definition) is 0. The Kier molecular flexibility index (Phi) is 5.60. The van der Waals surface area contributed by atoms with E-state index in [1.54, 1.807) is 36.4 Å². The van der Waals surface area contributed by atoms with Gasteiger partial charge in [0.05, 0.1) is 30.4 Å². The Morgan fingerprint density at radius 1 is 1.00 bits per heavy atom. The highest BCUT2D eigenvalue weighted by Crippen LogP contribution is 2.25. The maximum absolute atomic E-state index is 12.2. The van der Waals surface area contributed by atoms with Crippen molar-refractivity contribution in [3.63, 3.8) is 0 Å². The molecule has 0 radical (unpaired) electrons. The van der Waals surface area contributed by atoms with E-state index in [-0.39, 0.29) is 16.4 Å². The minimum Gasteiger partial charge on any atom is -0.497 e. The minimum absolute atomic E-state index is 0.212. The normalized spacial score (nSPS) is 10.0. The molecule has 0 aliphatic heterocycles. The lowest BCUT2D eigenvalue weighted by atomic mass is 10.1. The van der Waals surface area contributed by atoms with Gasteiger partial charge in [0, 0.05) is 6.07 Å². The van der Waals surface area contributed by atoms with Gasteiger partial charge in [-0.1, -0.05) is 23.7 Å². The van der Waals surface area contributed by atoms with E-state index in [2.05, 4.69) is 0 Å². The van der Waals surface area contributed by atoms with Crippen molar-refractivity contribution >= 4 is 23.4 Å². The standard InChI is InChI=1S/C17H15ClO5/c1-21-11-7-8-13(16(9-11)22-2)15(19)10-23-17(20)12-5-3-4-6-14(12)18/h3-9H,10H2,1-2H3. The maximum Gasteiger partial charge on any atom is 0.340 e. The highest BCUT2D eigenvalue weighted by atomic mass is 35.5. The number of methoxy groups -OCH3 is 2. The Hall–Kier alpha value is -2.53. The molecule has 0 bridgehead atoms. The predicted molar refractivity (Wildman–Crippen MR) is 85.6 cm³/mol. The van der Waals surface area contributed by atoms with Crippen LogP contribution in [0.5, 0.6) is 11.5 Å². The summed E-state index contributed by atoms with van der Waals surface area (Å²) in [6.45, 7) is -0.410. The summed E-state index contributed by atoms with van der Waals surface area (Å²) in [5.74, 6) is -0.129. The van der Waals surface area contributed by atoms with Gasteiger partial charge in [-0.2, -0.15) is 0 Å². The van der Waals surface area contributed by atoms with E-state index < -0.39 is 12.6 Å². The summed E-state index contributed by atoms with van der Waals surface area (Å²) in [6, 6.07) is 11.2. The van der Waals surface area contributed by atoms with E-state index in [9.17, 15) is 9.59 Å². The van der Waals surface area contributed by atoms with Crippen LogP contribution in [-0.2, 0) is 4.74 Å². The van der Waals surface area contributed by atoms with Crippen molar-refractivity contribution < 1.29 is 23.8 Å². The second-order valence-electron chi connectivity index (χ2n) is 4.55. The molecular weight excluding hydrogens is 320 g/mol. The molecule has 0 unspecified atom stereocenters. The average molecular weight is 335 g/mol. The third-order valence-corrected chi connectivity index (χ3v) is 3.47. The molecule has 0 N–H and O–H groups in total. The number of carbonyl (C=O) groups excluding carboxylic acids is 2. The topological polar surface area (TPSA) is 61.8 Å². The summed E-state index contributed by atoms with van der Waals surface area (Å²) in [5.41, 5.74) is 0.518. The summed E-state index contributed by atoms with van der Waals surface area (Å²) in [6.07, 6.45) is 0. The average Bonchev–Trinajstić information content (AvgIpc) is 2.59. The van der Waals surface area contributed by atoms with E-state index in [0.717, 1.165) is 0 Å². The summed E-state index contributed by atoms with van der Waals surface area (Å²) >= 11 is 5.91. The van der Waals surface area contributed by atoms with Crippen molar-refractivity contribution in [1.29, 1.82) is 0 Å². The van der Waals surface area contributed by atoms with Gasteiger partial charge >= 0.3 is 5.97 Å². The smallest absolute Gasteiger partial charge is 0.340 e. The van der Waals surface area contributed by atoms with E-state index in [1.165, 1.54) is 20.3 Å². The highest BCUT2D eigenvalue weighted by molar-refractivity contribution is 6.33. The van der Waals surface area contributed by atoms with Crippen molar-refractivity contribution in [3.8, 4) is 11.5 Å². The van der Waals surface area contributed by atoms with Crippen LogP contribution >= 0.6 is 11.6 Å². The SMILES string of the molecule is COc1ccc(C(=O)COC(=O)c2ccccc2Cl)c(OC)c1. The zero-order valence-corrected chi connectivity index (χ0v) is 13.4. The zero-order chi connectivity index (χ0) is 16.8. The first-order chi connectivity index (χ1) is 11.1. The van der Waals surface area contributed by atoms with E-state index in [0.29, 0.717) is 17.1 Å². The minimum atomic E-state index is -0.656. The fourth-order valence-electron chi connectivity index (χ4n) is 1.94. The monoisotopic (exact) mass is 334 g/mol. The first-order valence-electron chi connectivity index (χ1n) is 6.73. The summed E-state index contributed by atoms with van der Waals surface area (Å²) in [7, 11) is 2.96. The Labute approximate surface area is 138 Å². The molecule has 0 atom stereocenters. The van der Waals surface area contributed by atoms with Gasteiger partial charge in [0.25, 0.3) is 0 Å². The first kappa shape index (κ1) is 16.8. The summed E-state index contributed by atoms with van der Waals surface area (Å²) < 4.78 is 15.2. The van der Waals surface area contributed by atoms with E-state index in [1.807, 2.05) is 0 Å². The molecule has 5 nitrogen and oxygen atoms in total. The molecule has 0 aliphatic carbocycles. The fourth-order valence-corrected chi connectivity index (χ4v) is 2.16. The van der Waals surface area contributed by atoms with Crippen LogP contribution in [0.15, 0.2) is 42.5 Å². The zero-order valence-electron chi connectivity index (χ0n) is 12.7. The predicted octanol–water partition coefficient (Wildman–Crippen LogP) is 3.40. The number of ketones is 1. The van der Waals surface area contributed by atoms with Crippen molar-refractivity contribution in [2.75, 3.05) is 20.8 Å². The Morgan fingerprint density at radius 3 is 2.39 bits per heavy atom. The Bertz CT molecular complexity index is 727. The molecular formula is C17H15ClO5. The quantitative estimate of drug-likeness (QED) is 0.598. The van der Waals surface area contributed by atoms with Crippen molar-refractivity contribution in [1.82, 2.24) is 0 Å². The van der Waals surface area contributed by atoms with Crippen LogP contribution in [0.3, 0.4) is 0 Å². The number of hydrogen-bond acceptors (Lipinski definition) is 5. The van der Waals surface area contributed by atoms with Gasteiger partial charge < -0.3 is 14.2 Å². The molecule has 0 saturated heterocycles. The molecule has 6 heteroatoms. The van der Waals surface area contributed by atoms with Crippen LogP contribution in [0, 0.1) is 0 Å². The largest absolute Gasteiger partial charge is 0.497 e. The number of rotatable bonds is 6. The lowest BCUT2D eigenvalue weighted by molar-refractivity contribution is 0.0474. The number of esters is 1. The van der Waals surface area contributed by atoms with Crippen LogP contribution in [-0.4, -0.2) is 32.6 Å². The van der Waals surface area contributed by atoms with Crippen LogP contribution in [0.2, 0.25) is 5.02 Å². The van der Waals surface area contributed by atoms with Gasteiger partial charge in [0.2, 0.25) is 5.78 Å². The molecule has 0 fully saturated rings. The Morgan fingerprint density at radius 2 is 1.74 bits per heavy atom. The second kappa shape index (κ2) is 7.65. The molecule has 0 aliphatic rings. The molecule has 0 amide bonds. The fraction of sp³-hybridized carbons (Fsp3) is 0.176. The van der Waals surface area contributed by atoms with Gasteiger partial charge in [-0.15, -0.1) is 0 Å². The number of carbonyl (C=O) groups is 2. The number of halogens is 1.